The Morgan fingerprint density at radius 3 is 2.59 bits per heavy atom. The Bertz CT molecular complexity index is 1660. The number of nitrogens with zero attached hydrogens (tertiary/aromatic N) is 2. The maximum Gasteiger partial charge on any atom is 0.262 e. The van der Waals surface area contributed by atoms with E-state index in [2.05, 4.69) is 46.4 Å². The molecule has 9 heteroatoms. The number of amides is 1. The second kappa shape index (κ2) is 13.7. The maximum absolute atomic E-state index is 13.9. The van der Waals surface area contributed by atoms with Gasteiger partial charge in [-0.3, -0.25) is 9.52 Å². The lowest BCUT2D eigenvalue weighted by Crippen LogP contribution is -2.57. The molecule has 2 aliphatic carbocycles. The minimum atomic E-state index is -2.93. The van der Waals surface area contributed by atoms with E-state index in [9.17, 15) is 14.1 Å². The molecule has 1 amide bonds. The maximum atomic E-state index is 13.9. The number of fused-ring (bicyclic) bond motifs is 4. The second-order valence-corrected chi connectivity index (χ2v) is 19.4. The number of piperidine rings is 1. The molecule has 2 fully saturated rings. The van der Waals surface area contributed by atoms with Crippen molar-refractivity contribution in [3.8, 4) is 5.75 Å². The number of ether oxygens (including phenoxy) is 1. The van der Waals surface area contributed by atoms with Gasteiger partial charge in [-0.15, -0.1) is 0 Å². The average Bonchev–Trinajstić information content (AvgIpc) is 3.19. The van der Waals surface area contributed by atoms with E-state index in [0.717, 1.165) is 106 Å². The highest BCUT2D eigenvalue weighted by atomic mass is 35.5. The summed E-state index contributed by atoms with van der Waals surface area (Å²) < 4.78 is 23.5. The van der Waals surface area contributed by atoms with Crippen LogP contribution in [0.25, 0.3) is 0 Å². The van der Waals surface area contributed by atoms with Gasteiger partial charge in [0.2, 0.25) is 0 Å². The molecular weight excluding hydrogens is 654 g/mol. The van der Waals surface area contributed by atoms with Gasteiger partial charge in [-0.2, -0.15) is 0 Å². The van der Waals surface area contributed by atoms with E-state index in [0.29, 0.717) is 18.1 Å². The van der Waals surface area contributed by atoms with Crippen molar-refractivity contribution in [2.45, 2.75) is 101 Å². The smallest absolute Gasteiger partial charge is 0.262 e. The van der Waals surface area contributed by atoms with Crippen LogP contribution in [0.15, 0.2) is 36.4 Å². The monoisotopic (exact) mass is 709 g/mol. The van der Waals surface area contributed by atoms with Crippen molar-refractivity contribution >= 4 is 38.8 Å². The van der Waals surface area contributed by atoms with Crippen LogP contribution in [-0.2, 0) is 21.5 Å². The quantitative estimate of drug-likeness (QED) is 0.332. The van der Waals surface area contributed by atoms with Gasteiger partial charge in [-0.25, -0.2) is 4.21 Å². The van der Waals surface area contributed by atoms with Crippen molar-refractivity contribution < 1.29 is 18.8 Å². The average molecular weight is 710 g/mol. The van der Waals surface area contributed by atoms with Gasteiger partial charge >= 0.3 is 0 Å². The number of aliphatic hydroxyl groups is 1. The molecule has 0 aromatic heterocycles. The molecule has 1 spiro atoms. The number of likely N-dealkylation sites (tertiary alicyclic amines) is 1. The topological polar surface area (TPSA) is 82.1 Å². The molecule has 3 aliphatic heterocycles. The molecule has 2 bridgehead atoms. The summed E-state index contributed by atoms with van der Waals surface area (Å²) in [6.07, 6.45) is 9.94. The summed E-state index contributed by atoms with van der Waals surface area (Å²) in [4.78, 5) is 18.7. The molecule has 0 radical (unpaired) electrons. The first kappa shape index (κ1) is 35.2. The summed E-state index contributed by atoms with van der Waals surface area (Å²) in [5.74, 6) is 5.79. The number of rotatable bonds is 2. The van der Waals surface area contributed by atoms with Gasteiger partial charge in [0, 0.05) is 40.9 Å². The summed E-state index contributed by atoms with van der Waals surface area (Å²) >= 11 is 6.49. The third-order valence-electron chi connectivity index (χ3n) is 13.2. The van der Waals surface area contributed by atoms with E-state index in [1.807, 2.05) is 25.1 Å². The van der Waals surface area contributed by atoms with Crippen molar-refractivity contribution in [1.29, 1.82) is 0 Å². The number of aryl methyl sites for hydroxylation is 1. The summed E-state index contributed by atoms with van der Waals surface area (Å²) in [5, 5.41) is 13.2. The van der Waals surface area contributed by atoms with E-state index in [-0.39, 0.29) is 28.4 Å². The number of β-amino-alcohol motifs (C(OH)–C–C–N with tert-alkyl or cyclic N) is 1. The van der Waals surface area contributed by atoms with Gasteiger partial charge in [0.05, 0.1) is 27.6 Å². The van der Waals surface area contributed by atoms with Gasteiger partial charge < -0.3 is 19.6 Å². The molecule has 2 N–H and O–H groups in total. The lowest BCUT2D eigenvalue weighted by atomic mass is 9.62. The second-order valence-electron chi connectivity index (χ2n) is 16.5. The molecule has 268 valence electrons. The minimum absolute atomic E-state index is 0.0795. The number of anilines is 1. The first-order valence-corrected chi connectivity index (χ1v) is 21.0. The first-order chi connectivity index (χ1) is 23.4. The molecule has 7 nitrogen and oxygen atoms in total. The highest BCUT2D eigenvalue weighted by molar-refractivity contribution is 7.99. The van der Waals surface area contributed by atoms with Gasteiger partial charge in [-0.1, -0.05) is 37.9 Å². The fourth-order valence-corrected chi connectivity index (χ4v) is 11.4. The van der Waals surface area contributed by atoms with E-state index in [4.69, 9.17) is 16.3 Å². The molecule has 3 heterocycles. The Kier molecular flexibility index (Phi) is 9.83. The van der Waals surface area contributed by atoms with Gasteiger partial charge in [0.1, 0.15) is 5.75 Å². The molecule has 1 unspecified atom stereocenters. The van der Waals surface area contributed by atoms with Crippen molar-refractivity contribution in [2.75, 3.05) is 44.2 Å². The zero-order valence-electron chi connectivity index (χ0n) is 29.7. The number of carbonyl (C=O) groups is 1. The normalized spacial score (nSPS) is 36.1. The Labute approximate surface area is 299 Å². The van der Waals surface area contributed by atoms with Crippen molar-refractivity contribution in [1.82, 2.24) is 9.62 Å². The number of hydrogen-bond acceptors (Lipinski definition) is 6. The van der Waals surface area contributed by atoms with Crippen molar-refractivity contribution in [2.24, 2.45) is 23.7 Å². The lowest BCUT2D eigenvalue weighted by molar-refractivity contribution is -0.108. The van der Waals surface area contributed by atoms with Crippen LogP contribution in [0.1, 0.15) is 100 Å². The lowest BCUT2D eigenvalue weighted by Gasteiger charge is -2.52. The summed E-state index contributed by atoms with van der Waals surface area (Å²) in [6.45, 7) is 11.3. The van der Waals surface area contributed by atoms with Gasteiger partial charge in [0.25, 0.3) is 5.91 Å². The zero-order valence-corrected chi connectivity index (χ0v) is 31.3. The summed E-state index contributed by atoms with van der Waals surface area (Å²) in [7, 11) is -2.93. The fourth-order valence-electron chi connectivity index (χ4n) is 9.67. The van der Waals surface area contributed by atoms with Gasteiger partial charge in [0.15, 0.2) is 0 Å². The molecular formula is C40H56ClN3O4S. The highest BCUT2D eigenvalue weighted by Gasteiger charge is 2.49. The van der Waals surface area contributed by atoms with E-state index in [1.165, 1.54) is 24.0 Å². The third-order valence-corrected chi connectivity index (χ3v) is 15.6. The van der Waals surface area contributed by atoms with Crippen LogP contribution in [0.5, 0.6) is 5.75 Å². The molecule has 49 heavy (non-hydrogen) atoms. The number of nitrogens with one attached hydrogen (secondary N) is 1. The predicted octanol–water partition coefficient (Wildman–Crippen LogP) is 6.87. The SMILES string of the molecule is C=S1(=O)NC(=O)c2ccc3c(c2)N(C[C@@H]2CC[C@H]2[C@@](O)(CN2CCC(C)CC2)CCC[C@H](C)[C@H]1C)C[C@@]1(CCCc2cc(Cl)ccc21)CO3. The largest absolute Gasteiger partial charge is 0.490 e. The van der Waals surface area contributed by atoms with Crippen LogP contribution in [-0.4, -0.2) is 76.2 Å². The molecule has 2 aromatic rings. The van der Waals surface area contributed by atoms with E-state index in [1.54, 1.807) is 6.07 Å². The van der Waals surface area contributed by atoms with Crippen LogP contribution in [0, 0.1) is 23.7 Å². The highest BCUT2D eigenvalue weighted by Crippen LogP contribution is 2.49. The minimum Gasteiger partial charge on any atom is -0.490 e. The van der Waals surface area contributed by atoms with Crippen LogP contribution in [0.4, 0.5) is 5.69 Å². The van der Waals surface area contributed by atoms with Gasteiger partial charge in [-0.05, 0) is 149 Å². The first-order valence-electron chi connectivity index (χ1n) is 18.8. The van der Waals surface area contributed by atoms with Crippen LogP contribution < -0.4 is 14.4 Å². The Morgan fingerprint density at radius 2 is 1.84 bits per heavy atom. The van der Waals surface area contributed by atoms with Crippen LogP contribution >= 0.6 is 11.6 Å². The number of hydrogen-bond donors (Lipinski definition) is 2. The molecule has 7 atom stereocenters. The molecule has 1 saturated heterocycles. The Hall–Kier alpha value is -2.26. The van der Waals surface area contributed by atoms with Crippen LogP contribution in [0.2, 0.25) is 5.02 Å². The van der Waals surface area contributed by atoms with E-state index >= 15 is 0 Å². The number of benzene rings is 2. The number of carbonyl (C=O) groups excluding carboxylic acids is 1. The Balaban J connectivity index is 1.28. The van der Waals surface area contributed by atoms with E-state index < -0.39 is 15.3 Å². The Morgan fingerprint density at radius 1 is 1.04 bits per heavy atom. The predicted molar refractivity (Wildman–Crippen MR) is 201 cm³/mol. The fraction of sp³-hybridized carbons (Fsp3) is 0.650. The molecule has 1 saturated carbocycles. The van der Waals surface area contributed by atoms with Crippen molar-refractivity contribution in [3.05, 3.63) is 58.1 Å². The van der Waals surface area contributed by atoms with Crippen molar-refractivity contribution in [3.63, 3.8) is 0 Å². The summed E-state index contributed by atoms with van der Waals surface area (Å²) in [6, 6.07) is 11.9. The van der Waals surface area contributed by atoms with Crippen LogP contribution in [0.3, 0.4) is 0 Å². The zero-order chi connectivity index (χ0) is 34.6. The molecule has 7 rings (SSSR count). The summed E-state index contributed by atoms with van der Waals surface area (Å²) in [5.41, 5.74) is 2.94. The third kappa shape index (κ3) is 7.01. The number of halogens is 1. The molecule has 2 aromatic carbocycles. The molecule has 5 aliphatic rings. The standard InChI is InChI=1S/C40H56ClN3O4S/c1-27-15-19-43(20-16-27)25-40(46)18-5-7-28(2)29(3)49(4,47)42-38(45)31-10-14-37-36(22-31)44(23-32-9-12-35(32)40)24-39(26-48-37)17-6-8-30-21-33(41)11-13-34(30)39/h10-11,13-14,21-22,27-29,32,35,46H,4-9,12,15-20,23-26H2,1-3H3,(H,42,45,47)/t28-,29+,32-,35+,39-,40-,49?/m0/s1.